The average molecular weight is 404 g/mol. The number of anilines is 1. The van der Waals surface area contributed by atoms with Crippen LogP contribution < -0.4 is 11.3 Å². The van der Waals surface area contributed by atoms with Crippen LogP contribution in [0.1, 0.15) is 16.8 Å². The van der Waals surface area contributed by atoms with E-state index in [0.29, 0.717) is 43.0 Å². The summed E-state index contributed by atoms with van der Waals surface area (Å²) in [6, 6.07) is 3.62. The lowest BCUT2D eigenvalue weighted by Gasteiger charge is -2.28. The average Bonchev–Trinajstić information content (AvgIpc) is 2.65. The van der Waals surface area contributed by atoms with Gasteiger partial charge in [-0.3, -0.25) is 14.7 Å². The molecule has 4 heterocycles. The molecule has 0 amide bonds. The maximum atomic E-state index is 12.6. The number of fused-ring (bicyclic) bond motifs is 1. The molecule has 0 saturated carbocycles. The minimum atomic E-state index is -0.151. The molecular weight excluding hydrogens is 389 g/mol. The van der Waals surface area contributed by atoms with Crippen LogP contribution in [0.15, 0.2) is 29.3 Å². The molecule has 8 nitrogen and oxygen atoms in total. The third kappa shape index (κ3) is 3.64. The molecule has 0 atom stereocenters. The van der Waals surface area contributed by atoms with Crippen molar-refractivity contribution in [3.63, 3.8) is 0 Å². The van der Waals surface area contributed by atoms with E-state index in [-0.39, 0.29) is 21.8 Å². The predicted octanol–water partition coefficient (Wildman–Crippen LogP) is 2.07. The summed E-state index contributed by atoms with van der Waals surface area (Å²) in [6.45, 7) is 1.56. The van der Waals surface area contributed by atoms with Crippen molar-refractivity contribution in [3.8, 4) is 11.4 Å². The quantitative estimate of drug-likeness (QED) is 0.643. The Hall–Kier alpha value is -2.55. The number of aromatic amines is 1. The van der Waals surface area contributed by atoms with Crippen LogP contribution in [0.4, 0.5) is 5.95 Å². The van der Waals surface area contributed by atoms with Gasteiger partial charge in [-0.15, -0.1) is 0 Å². The van der Waals surface area contributed by atoms with Crippen molar-refractivity contribution < 1.29 is 0 Å². The van der Waals surface area contributed by atoms with Gasteiger partial charge in [0.2, 0.25) is 5.95 Å². The fourth-order valence-corrected chi connectivity index (χ4v) is 3.58. The highest BCUT2D eigenvalue weighted by Gasteiger charge is 2.23. The van der Waals surface area contributed by atoms with Crippen LogP contribution in [0.3, 0.4) is 0 Å². The van der Waals surface area contributed by atoms with E-state index in [4.69, 9.17) is 28.9 Å². The second-order valence-corrected chi connectivity index (χ2v) is 6.89. The Labute approximate surface area is 164 Å². The van der Waals surface area contributed by atoms with Gasteiger partial charge in [-0.05, 0) is 12.1 Å². The Morgan fingerprint density at radius 1 is 1.15 bits per heavy atom. The Kier molecular flexibility index (Phi) is 4.77. The molecule has 1 aliphatic rings. The number of nitrogens with one attached hydrogen (secondary N) is 1. The van der Waals surface area contributed by atoms with Gasteiger partial charge in [0.15, 0.2) is 0 Å². The number of hydrogen-bond donors (Lipinski definition) is 2. The minimum Gasteiger partial charge on any atom is -0.368 e. The molecule has 0 aliphatic carbocycles. The maximum absolute atomic E-state index is 12.6. The van der Waals surface area contributed by atoms with Crippen molar-refractivity contribution in [3.05, 3.63) is 62.0 Å². The Morgan fingerprint density at radius 3 is 2.56 bits per heavy atom. The van der Waals surface area contributed by atoms with Crippen molar-refractivity contribution in [2.24, 2.45) is 0 Å². The van der Waals surface area contributed by atoms with Gasteiger partial charge in [-0.1, -0.05) is 23.2 Å². The second kappa shape index (κ2) is 7.22. The largest absolute Gasteiger partial charge is 0.368 e. The minimum absolute atomic E-state index is 0.0297. The molecule has 0 radical (unpaired) electrons. The molecule has 0 unspecified atom stereocenters. The number of nitrogens with two attached hydrogens (primary N) is 1. The van der Waals surface area contributed by atoms with E-state index in [1.807, 2.05) is 12.1 Å². The van der Waals surface area contributed by atoms with E-state index < -0.39 is 0 Å². The summed E-state index contributed by atoms with van der Waals surface area (Å²) in [4.78, 5) is 34.0. The van der Waals surface area contributed by atoms with Crippen molar-refractivity contribution in [1.29, 1.82) is 0 Å². The molecule has 138 valence electrons. The van der Waals surface area contributed by atoms with E-state index in [2.05, 4.69) is 29.8 Å². The van der Waals surface area contributed by atoms with Gasteiger partial charge in [-0.2, -0.15) is 0 Å². The van der Waals surface area contributed by atoms with Crippen LogP contribution in [0, 0.1) is 0 Å². The summed E-state index contributed by atoms with van der Waals surface area (Å²) < 4.78 is 0. The summed E-state index contributed by atoms with van der Waals surface area (Å²) in [7, 11) is 0. The lowest BCUT2D eigenvalue weighted by atomic mass is 10.1. The van der Waals surface area contributed by atoms with Gasteiger partial charge >= 0.3 is 0 Å². The standard InChI is InChI=1S/C17H15Cl2N7O/c18-13-11(14(19)24-17(20)23-13)8-26-6-3-12-10(7-26)16(27)25-15(22-12)9-1-4-21-5-2-9/h1-2,4-5H,3,6-8H2,(H2,20,23,24)(H,22,25,27). The Balaban J connectivity index is 1.60. The number of hydrogen-bond acceptors (Lipinski definition) is 7. The number of nitrogens with zero attached hydrogens (tertiary/aromatic N) is 5. The number of rotatable bonds is 3. The van der Waals surface area contributed by atoms with Crippen molar-refractivity contribution in [1.82, 2.24) is 29.8 Å². The van der Waals surface area contributed by atoms with E-state index in [1.54, 1.807) is 12.4 Å². The first kappa shape index (κ1) is 17.8. The van der Waals surface area contributed by atoms with Crippen LogP contribution in [0.2, 0.25) is 10.3 Å². The summed E-state index contributed by atoms with van der Waals surface area (Å²) in [5.41, 5.74) is 8.25. The molecule has 1 aliphatic heterocycles. The number of halogens is 2. The van der Waals surface area contributed by atoms with Crippen molar-refractivity contribution in [2.45, 2.75) is 19.5 Å². The van der Waals surface area contributed by atoms with Gasteiger partial charge in [0.1, 0.15) is 16.1 Å². The zero-order valence-electron chi connectivity index (χ0n) is 14.1. The highest BCUT2D eigenvalue weighted by Crippen LogP contribution is 2.26. The monoisotopic (exact) mass is 403 g/mol. The van der Waals surface area contributed by atoms with Gasteiger partial charge in [0, 0.05) is 49.6 Å². The van der Waals surface area contributed by atoms with E-state index in [1.165, 1.54) is 0 Å². The lowest BCUT2D eigenvalue weighted by molar-refractivity contribution is 0.241. The van der Waals surface area contributed by atoms with Gasteiger partial charge < -0.3 is 10.7 Å². The van der Waals surface area contributed by atoms with Gasteiger partial charge in [0.25, 0.3) is 5.56 Å². The van der Waals surface area contributed by atoms with Crippen LogP contribution in [-0.2, 0) is 19.5 Å². The fraction of sp³-hybridized carbons (Fsp3) is 0.235. The van der Waals surface area contributed by atoms with Gasteiger partial charge in [-0.25, -0.2) is 15.0 Å². The topological polar surface area (TPSA) is 114 Å². The lowest BCUT2D eigenvalue weighted by Crippen LogP contribution is -2.35. The molecule has 10 heteroatoms. The summed E-state index contributed by atoms with van der Waals surface area (Å²) in [5.74, 6) is 0.578. The van der Waals surface area contributed by atoms with E-state index in [0.717, 1.165) is 11.3 Å². The third-order valence-corrected chi connectivity index (χ3v) is 5.03. The predicted molar refractivity (Wildman–Crippen MR) is 102 cm³/mol. The normalized spacial score (nSPS) is 14.1. The Bertz CT molecular complexity index is 1030. The van der Waals surface area contributed by atoms with Crippen molar-refractivity contribution in [2.75, 3.05) is 12.3 Å². The molecular formula is C17H15Cl2N7O. The number of pyridine rings is 1. The smallest absolute Gasteiger partial charge is 0.255 e. The van der Waals surface area contributed by atoms with Crippen LogP contribution >= 0.6 is 23.2 Å². The third-order valence-electron chi connectivity index (χ3n) is 4.41. The molecule has 0 bridgehead atoms. The van der Waals surface area contributed by atoms with Crippen LogP contribution in [-0.4, -0.2) is 36.4 Å². The van der Waals surface area contributed by atoms with E-state index in [9.17, 15) is 4.79 Å². The van der Waals surface area contributed by atoms with Crippen LogP contribution in [0.25, 0.3) is 11.4 Å². The summed E-state index contributed by atoms with van der Waals surface area (Å²) in [6.07, 6.45) is 3.97. The fourth-order valence-electron chi connectivity index (χ4n) is 3.06. The summed E-state index contributed by atoms with van der Waals surface area (Å²) in [5, 5.41) is 0.441. The first-order chi connectivity index (χ1) is 13.0. The second-order valence-electron chi connectivity index (χ2n) is 6.18. The SMILES string of the molecule is Nc1nc(Cl)c(CN2CCc3nc(-c4ccncc4)[nH]c(=O)c3C2)c(Cl)n1. The highest BCUT2D eigenvalue weighted by molar-refractivity contribution is 6.34. The molecule has 0 spiro atoms. The maximum Gasteiger partial charge on any atom is 0.255 e. The number of nitrogen functional groups attached to an aromatic ring is 1. The molecule has 0 saturated heterocycles. The molecule has 3 N–H and O–H groups in total. The van der Waals surface area contributed by atoms with Gasteiger partial charge in [0.05, 0.1) is 11.3 Å². The van der Waals surface area contributed by atoms with Crippen molar-refractivity contribution >= 4 is 29.2 Å². The zero-order valence-corrected chi connectivity index (χ0v) is 15.6. The molecule has 27 heavy (non-hydrogen) atoms. The van der Waals surface area contributed by atoms with E-state index >= 15 is 0 Å². The zero-order chi connectivity index (χ0) is 19.0. The molecule has 0 aromatic carbocycles. The first-order valence-electron chi connectivity index (χ1n) is 8.23. The molecule has 3 aromatic rings. The van der Waals surface area contributed by atoms with Crippen LogP contribution in [0.5, 0.6) is 0 Å². The number of aromatic nitrogens is 5. The molecule has 3 aromatic heterocycles. The number of H-pyrrole nitrogens is 1. The Morgan fingerprint density at radius 2 is 1.85 bits per heavy atom. The highest BCUT2D eigenvalue weighted by atomic mass is 35.5. The summed E-state index contributed by atoms with van der Waals surface area (Å²) >= 11 is 12.3. The molecule has 4 rings (SSSR count). The molecule has 0 fully saturated rings. The first-order valence-corrected chi connectivity index (χ1v) is 8.99.